The van der Waals surface area contributed by atoms with Gasteiger partial charge in [0.15, 0.2) is 18.9 Å². The Morgan fingerprint density at radius 1 is 0.870 bits per heavy atom. The van der Waals surface area contributed by atoms with Crippen LogP contribution in [0.3, 0.4) is 0 Å². The minimum Gasteiger partial charge on any atom is -0.356 e. The molecule has 23 heavy (non-hydrogen) atoms. The largest absolute Gasteiger partial charge is 0.356 e. The third kappa shape index (κ3) is 5.66. The van der Waals surface area contributed by atoms with Gasteiger partial charge in [0.1, 0.15) is 0 Å². The van der Waals surface area contributed by atoms with Crippen LogP contribution in [0.5, 0.6) is 0 Å². The van der Waals surface area contributed by atoms with Crippen LogP contribution in [0.25, 0.3) is 0 Å². The summed E-state index contributed by atoms with van der Waals surface area (Å²) in [5.74, 6) is 0. The van der Waals surface area contributed by atoms with E-state index in [-0.39, 0.29) is 31.1 Å². The average molecular weight is 330 g/mol. The van der Waals surface area contributed by atoms with E-state index in [1.54, 1.807) is 7.11 Å². The van der Waals surface area contributed by atoms with E-state index in [9.17, 15) is 0 Å². The second-order valence-electron chi connectivity index (χ2n) is 6.58. The molecule has 6 nitrogen and oxygen atoms in total. The molecule has 3 fully saturated rings. The van der Waals surface area contributed by atoms with Crippen molar-refractivity contribution in [2.24, 2.45) is 0 Å². The topological polar surface area (TPSA) is 55.4 Å². The van der Waals surface area contributed by atoms with Crippen molar-refractivity contribution in [2.45, 2.75) is 82.4 Å². The maximum atomic E-state index is 6.12. The van der Waals surface area contributed by atoms with Crippen molar-refractivity contribution in [1.29, 1.82) is 0 Å². The quantitative estimate of drug-likeness (QED) is 0.746. The zero-order chi connectivity index (χ0) is 15.9. The van der Waals surface area contributed by atoms with Gasteiger partial charge in [-0.2, -0.15) is 0 Å². The number of rotatable bonds is 6. The van der Waals surface area contributed by atoms with Crippen LogP contribution >= 0.6 is 0 Å². The molecule has 0 saturated carbocycles. The van der Waals surface area contributed by atoms with Gasteiger partial charge in [0, 0.05) is 33.2 Å². The fourth-order valence-corrected chi connectivity index (χ4v) is 3.39. The molecule has 3 heterocycles. The summed E-state index contributed by atoms with van der Waals surface area (Å²) in [6, 6.07) is 0. The van der Waals surface area contributed by atoms with Gasteiger partial charge < -0.3 is 28.4 Å². The number of methoxy groups -OCH3 is 1. The lowest BCUT2D eigenvalue weighted by Gasteiger charge is -2.37. The molecule has 0 aromatic carbocycles. The van der Waals surface area contributed by atoms with Gasteiger partial charge in [0.25, 0.3) is 0 Å². The van der Waals surface area contributed by atoms with Crippen molar-refractivity contribution >= 4 is 0 Å². The highest BCUT2D eigenvalue weighted by atomic mass is 16.7. The molecular formula is C17H30O6. The molecule has 3 rings (SSSR count). The smallest absolute Gasteiger partial charge is 0.160 e. The summed E-state index contributed by atoms with van der Waals surface area (Å²) < 4.78 is 34.6. The molecule has 3 aliphatic rings. The van der Waals surface area contributed by atoms with Crippen molar-refractivity contribution in [3.63, 3.8) is 0 Å². The molecule has 134 valence electrons. The highest BCUT2D eigenvalue weighted by Gasteiger charge is 2.33. The molecule has 0 bridgehead atoms. The van der Waals surface area contributed by atoms with E-state index in [2.05, 4.69) is 0 Å². The van der Waals surface area contributed by atoms with E-state index in [0.717, 1.165) is 51.7 Å². The van der Waals surface area contributed by atoms with Gasteiger partial charge in [0.2, 0.25) is 0 Å². The Kier molecular flexibility index (Phi) is 7.11. The molecule has 5 unspecified atom stereocenters. The van der Waals surface area contributed by atoms with Gasteiger partial charge in [-0.3, -0.25) is 0 Å². The molecule has 6 heteroatoms. The number of hydrogen-bond acceptors (Lipinski definition) is 6. The van der Waals surface area contributed by atoms with E-state index in [0.29, 0.717) is 6.61 Å². The van der Waals surface area contributed by atoms with Crippen molar-refractivity contribution < 1.29 is 28.4 Å². The standard InChI is InChI=1S/C17H30O6/c1-18-17-11-13(22-16-7-3-5-9-20-16)10-14(23-17)12-21-15-6-2-4-8-19-15/h13-17H,2-12H2,1H3. The summed E-state index contributed by atoms with van der Waals surface area (Å²) >= 11 is 0. The SMILES string of the molecule is COC1CC(OC2CCCCO2)CC(COC2CCCCO2)O1. The number of hydrogen-bond donors (Lipinski definition) is 0. The average Bonchev–Trinajstić information content (AvgIpc) is 2.61. The molecular weight excluding hydrogens is 300 g/mol. The molecule has 0 aromatic rings. The molecule has 3 saturated heterocycles. The predicted molar refractivity (Wildman–Crippen MR) is 82.9 cm³/mol. The first-order valence-corrected chi connectivity index (χ1v) is 9.02. The van der Waals surface area contributed by atoms with Gasteiger partial charge in [-0.1, -0.05) is 0 Å². The molecule has 0 radical (unpaired) electrons. The second-order valence-corrected chi connectivity index (χ2v) is 6.58. The number of ether oxygens (including phenoxy) is 6. The van der Waals surface area contributed by atoms with Crippen LogP contribution in [0.15, 0.2) is 0 Å². The first kappa shape index (κ1) is 17.6. The third-order valence-corrected chi connectivity index (χ3v) is 4.68. The Balaban J connectivity index is 1.44. The Morgan fingerprint density at radius 3 is 2.26 bits per heavy atom. The maximum absolute atomic E-state index is 6.12. The Labute approximate surface area is 138 Å². The normalized spacial score (nSPS) is 39.3. The van der Waals surface area contributed by atoms with Crippen LogP contribution in [0, 0.1) is 0 Å². The molecule has 0 spiro atoms. The minimum atomic E-state index is -0.238. The molecule has 5 atom stereocenters. The van der Waals surface area contributed by atoms with Gasteiger partial charge in [0.05, 0.1) is 18.8 Å². The first-order valence-electron chi connectivity index (χ1n) is 9.02. The Morgan fingerprint density at radius 2 is 1.61 bits per heavy atom. The second kappa shape index (κ2) is 9.30. The van der Waals surface area contributed by atoms with Crippen LogP contribution in [0.4, 0.5) is 0 Å². The molecule has 0 aromatic heterocycles. The molecule has 3 aliphatic heterocycles. The maximum Gasteiger partial charge on any atom is 0.160 e. The summed E-state index contributed by atoms with van der Waals surface area (Å²) in [7, 11) is 1.67. The lowest BCUT2D eigenvalue weighted by atomic mass is 10.0. The van der Waals surface area contributed by atoms with Crippen LogP contribution in [-0.2, 0) is 28.4 Å². The Bertz CT molecular complexity index is 327. The summed E-state index contributed by atoms with van der Waals surface area (Å²) in [5, 5.41) is 0. The lowest BCUT2D eigenvalue weighted by Crippen LogP contribution is -2.43. The zero-order valence-corrected chi connectivity index (χ0v) is 14.1. The highest BCUT2D eigenvalue weighted by Crippen LogP contribution is 2.27. The zero-order valence-electron chi connectivity index (χ0n) is 14.1. The Hall–Kier alpha value is -0.240. The van der Waals surface area contributed by atoms with Gasteiger partial charge >= 0.3 is 0 Å². The van der Waals surface area contributed by atoms with E-state index >= 15 is 0 Å². The van der Waals surface area contributed by atoms with Gasteiger partial charge in [-0.15, -0.1) is 0 Å². The predicted octanol–water partition coefficient (Wildman–Crippen LogP) is 2.59. The van der Waals surface area contributed by atoms with Crippen molar-refractivity contribution in [3.05, 3.63) is 0 Å². The third-order valence-electron chi connectivity index (χ3n) is 4.68. The van der Waals surface area contributed by atoms with Gasteiger partial charge in [-0.25, -0.2) is 0 Å². The first-order chi connectivity index (χ1) is 11.3. The monoisotopic (exact) mass is 330 g/mol. The molecule has 0 amide bonds. The van der Waals surface area contributed by atoms with E-state index in [1.807, 2.05) is 0 Å². The van der Waals surface area contributed by atoms with Crippen molar-refractivity contribution in [2.75, 3.05) is 26.9 Å². The van der Waals surface area contributed by atoms with Crippen LogP contribution < -0.4 is 0 Å². The van der Waals surface area contributed by atoms with E-state index in [1.165, 1.54) is 12.8 Å². The summed E-state index contributed by atoms with van der Waals surface area (Å²) in [5.41, 5.74) is 0. The van der Waals surface area contributed by atoms with Crippen LogP contribution in [0.2, 0.25) is 0 Å². The minimum absolute atomic E-state index is 0.0205. The summed E-state index contributed by atoms with van der Waals surface area (Å²) in [6.45, 7) is 2.12. The molecule has 0 N–H and O–H groups in total. The highest BCUT2D eigenvalue weighted by molar-refractivity contribution is 4.76. The summed E-state index contributed by atoms with van der Waals surface area (Å²) in [4.78, 5) is 0. The van der Waals surface area contributed by atoms with Gasteiger partial charge in [-0.05, 0) is 38.5 Å². The van der Waals surface area contributed by atoms with Crippen LogP contribution in [-0.4, -0.2) is 58.0 Å². The van der Waals surface area contributed by atoms with E-state index < -0.39 is 0 Å². The lowest BCUT2D eigenvalue weighted by molar-refractivity contribution is -0.265. The van der Waals surface area contributed by atoms with Crippen LogP contribution in [0.1, 0.15) is 51.4 Å². The fourth-order valence-electron chi connectivity index (χ4n) is 3.39. The summed E-state index contributed by atoms with van der Waals surface area (Å²) in [6.07, 6.45) is 7.78. The fraction of sp³-hybridized carbons (Fsp3) is 1.00. The van der Waals surface area contributed by atoms with Crippen molar-refractivity contribution in [3.8, 4) is 0 Å². The van der Waals surface area contributed by atoms with E-state index in [4.69, 9.17) is 28.4 Å². The van der Waals surface area contributed by atoms with Crippen molar-refractivity contribution in [1.82, 2.24) is 0 Å². The molecule has 0 aliphatic carbocycles.